The maximum absolute atomic E-state index is 13.1. The molecule has 1 aromatic rings. The van der Waals surface area contributed by atoms with E-state index < -0.39 is 23.0 Å². The molecule has 7 heteroatoms. The highest BCUT2D eigenvalue weighted by Gasteiger charge is 2.56. The van der Waals surface area contributed by atoms with E-state index in [2.05, 4.69) is 21.2 Å². The summed E-state index contributed by atoms with van der Waals surface area (Å²) in [5.74, 6) is 3.13. The standard InChI is InChI=1S/C22H26BrNO5/c1-5-28-20(27)22(12-6-7-15(22)13-25)19(18(14-26)29-21(2,3)4)24-17-10-8-16(23)9-11-17/h8-11,19,24H,5-7,12H2,1-4H3. The molecule has 1 aliphatic rings. The number of rotatable bonds is 7. The number of halogens is 1. The molecule has 0 radical (unpaired) electrons. The lowest BCUT2D eigenvalue weighted by atomic mass is 9.74. The fraction of sp³-hybridized carbons (Fsp3) is 0.500. The van der Waals surface area contributed by atoms with Crippen molar-refractivity contribution >= 4 is 39.5 Å². The van der Waals surface area contributed by atoms with Gasteiger partial charge in [0.15, 0.2) is 5.94 Å². The number of carbonyl (C=O) groups excluding carboxylic acids is 3. The van der Waals surface area contributed by atoms with E-state index in [1.807, 2.05) is 24.0 Å². The molecule has 1 aromatic carbocycles. The van der Waals surface area contributed by atoms with E-state index in [1.165, 1.54) is 0 Å². The van der Waals surface area contributed by atoms with Crippen LogP contribution in [-0.2, 0) is 23.9 Å². The van der Waals surface area contributed by atoms with Crippen LogP contribution in [0.4, 0.5) is 5.69 Å². The van der Waals surface area contributed by atoms with E-state index in [0.717, 1.165) is 4.47 Å². The molecule has 0 amide bonds. The minimum Gasteiger partial charge on any atom is -0.479 e. The van der Waals surface area contributed by atoms with E-state index in [0.29, 0.717) is 24.9 Å². The van der Waals surface area contributed by atoms with Crippen LogP contribution in [0.3, 0.4) is 0 Å². The zero-order valence-corrected chi connectivity index (χ0v) is 18.7. The molecule has 2 unspecified atom stereocenters. The van der Waals surface area contributed by atoms with Crippen LogP contribution < -0.4 is 5.32 Å². The Hall–Kier alpha value is -2.33. The molecule has 0 heterocycles. The van der Waals surface area contributed by atoms with Gasteiger partial charge in [0.25, 0.3) is 0 Å². The molecular weight excluding hydrogens is 438 g/mol. The number of esters is 1. The van der Waals surface area contributed by atoms with Crippen molar-refractivity contribution in [1.29, 1.82) is 0 Å². The number of hydrogen-bond donors (Lipinski definition) is 1. The van der Waals surface area contributed by atoms with Gasteiger partial charge in [0.2, 0.25) is 5.76 Å². The number of ether oxygens (including phenoxy) is 2. The van der Waals surface area contributed by atoms with Gasteiger partial charge in [0, 0.05) is 15.7 Å². The molecule has 156 valence electrons. The van der Waals surface area contributed by atoms with Crippen molar-refractivity contribution in [2.24, 2.45) is 5.41 Å². The van der Waals surface area contributed by atoms with Gasteiger partial charge in [-0.1, -0.05) is 15.9 Å². The second-order valence-electron chi connectivity index (χ2n) is 7.89. The lowest BCUT2D eigenvalue weighted by molar-refractivity contribution is -0.153. The first-order valence-corrected chi connectivity index (χ1v) is 10.3. The average Bonchev–Trinajstić information content (AvgIpc) is 3.10. The average molecular weight is 464 g/mol. The number of benzene rings is 1. The molecule has 2 rings (SSSR count). The Morgan fingerprint density at radius 3 is 2.45 bits per heavy atom. The van der Waals surface area contributed by atoms with Gasteiger partial charge in [-0.15, -0.1) is 0 Å². The minimum atomic E-state index is -1.39. The Kier molecular flexibility index (Phi) is 7.48. The summed E-state index contributed by atoms with van der Waals surface area (Å²) >= 11 is 3.39. The van der Waals surface area contributed by atoms with Gasteiger partial charge in [-0.3, -0.25) is 4.79 Å². The van der Waals surface area contributed by atoms with Gasteiger partial charge < -0.3 is 14.8 Å². The summed E-state index contributed by atoms with van der Waals surface area (Å²) < 4.78 is 12.1. The fourth-order valence-corrected chi connectivity index (χ4v) is 3.84. The van der Waals surface area contributed by atoms with Crippen LogP contribution in [0.15, 0.2) is 40.1 Å². The van der Waals surface area contributed by atoms with Crippen molar-refractivity contribution in [2.75, 3.05) is 11.9 Å². The fourth-order valence-electron chi connectivity index (χ4n) is 3.58. The molecule has 2 atom stereocenters. The smallest absolute Gasteiger partial charge is 0.319 e. The van der Waals surface area contributed by atoms with Crippen LogP contribution in [-0.4, -0.2) is 36.1 Å². The molecule has 1 fully saturated rings. The molecular formula is C22H26BrNO5. The Balaban J connectivity index is 2.64. The number of nitrogens with one attached hydrogen (secondary N) is 1. The Bertz CT molecular complexity index is 845. The van der Waals surface area contributed by atoms with Crippen molar-refractivity contribution in [2.45, 2.75) is 58.6 Å². The second-order valence-corrected chi connectivity index (χ2v) is 8.81. The van der Waals surface area contributed by atoms with Crippen molar-refractivity contribution in [3.8, 4) is 0 Å². The third kappa shape index (κ3) is 5.18. The molecule has 0 aromatic heterocycles. The summed E-state index contributed by atoms with van der Waals surface area (Å²) in [6, 6.07) is 6.30. The van der Waals surface area contributed by atoms with Gasteiger partial charge in [-0.2, -0.15) is 0 Å². The normalized spacial score (nSPS) is 19.7. The largest absolute Gasteiger partial charge is 0.479 e. The number of carbonyl (C=O) groups is 1. The molecule has 6 nitrogen and oxygen atoms in total. The lowest BCUT2D eigenvalue weighted by Gasteiger charge is -2.38. The Morgan fingerprint density at radius 1 is 1.28 bits per heavy atom. The van der Waals surface area contributed by atoms with E-state index in [4.69, 9.17) is 9.47 Å². The molecule has 0 bridgehead atoms. The predicted octanol–water partition coefficient (Wildman–Crippen LogP) is 4.25. The van der Waals surface area contributed by atoms with E-state index >= 15 is 0 Å². The third-order valence-corrected chi connectivity index (χ3v) is 5.25. The van der Waals surface area contributed by atoms with Crippen molar-refractivity contribution in [1.82, 2.24) is 0 Å². The molecule has 0 saturated heterocycles. The first-order valence-electron chi connectivity index (χ1n) is 9.55. The monoisotopic (exact) mass is 463 g/mol. The molecule has 0 aliphatic heterocycles. The van der Waals surface area contributed by atoms with E-state index in [9.17, 15) is 14.4 Å². The van der Waals surface area contributed by atoms with Crippen molar-refractivity contribution in [3.05, 3.63) is 40.1 Å². The summed E-state index contributed by atoms with van der Waals surface area (Å²) in [7, 11) is 0. The first kappa shape index (κ1) is 23.0. The van der Waals surface area contributed by atoms with Crippen molar-refractivity contribution < 1.29 is 23.9 Å². The van der Waals surface area contributed by atoms with E-state index in [1.54, 1.807) is 39.8 Å². The second kappa shape index (κ2) is 9.45. The third-order valence-electron chi connectivity index (χ3n) is 4.73. The van der Waals surface area contributed by atoms with Gasteiger partial charge in [-0.05, 0) is 71.2 Å². The summed E-state index contributed by atoms with van der Waals surface area (Å²) in [5, 5.41) is 3.22. The van der Waals surface area contributed by atoms with Gasteiger partial charge in [-0.25, -0.2) is 9.59 Å². The first-order chi connectivity index (χ1) is 13.7. The quantitative estimate of drug-likeness (QED) is 0.369. The topological polar surface area (TPSA) is 81.7 Å². The summed E-state index contributed by atoms with van der Waals surface area (Å²) in [4.78, 5) is 36.9. The van der Waals surface area contributed by atoms with Gasteiger partial charge in [0.1, 0.15) is 23.0 Å². The van der Waals surface area contributed by atoms with E-state index in [-0.39, 0.29) is 17.9 Å². The highest BCUT2D eigenvalue weighted by Crippen LogP contribution is 2.48. The van der Waals surface area contributed by atoms with Crippen LogP contribution in [0.5, 0.6) is 0 Å². The zero-order chi connectivity index (χ0) is 21.7. The van der Waals surface area contributed by atoms with Crippen LogP contribution in [0.1, 0.15) is 47.0 Å². The maximum Gasteiger partial charge on any atom is 0.319 e. The van der Waals surface area contributed by atoms with Crippen molar-refractivity contribution in [3.63, 3.8) is 0 Å². The van der Waals surface area contributed by atoms with Crippen LogP contribution >= 0.6 is 15.9 Å². The van der Waals surface area contributed by atoms with Crippen LogP contribution in [0, 0.1) is 5.41 Å². The molecule has 1 N–H and O–H groups in total. The van der Waals surface area contributed by atoms with Crippen LogP contribution in [0.25, 0.3) is 0 Å². The van der Waals surface area contributed by atoms with Crippen LogP contribution in [0.2, 0.25) is 0 Å². The minimum absolute atomic E-state index is 0.0804. The Labute approximate surface area is 179 Å². The number of anilines is 1. The molecule has 0 spiro atoms. The molecule has 29 heavy (non-hydrogen) atoms. The molecule has 1 saturated carbocycles. The highest BCUT2D eigenvalue weighted by molar-refractivity contribution is 9.10. The molecule has 1 aliphatic carbocycles. The SMILES string of the molecule is CCOC(=O)C1(C(Nc2ccc(Br)cc2)C(=C=O)OC(C)(C)C)CCCC1=C=O. The zero-order valence-electron chi connectivity index (χ0n) is 17.1. The van der Waals surface area contributed by atoms with Gasteiger partial charge in [0.05, 0.1) is 6.61 Å². The highest BCUT2D eigenvalue weighted by atomic mass is 79.9. The summed E-state index contributed by atoms with van der Waals surface area (Å²) in [6.07, 6.45) is 1.34. The predicted molar refractivity (Wildman–Crippen MR) is 114 cm³/mol. The Morgan fingerprint density at radius 2 is 1.93 bits per heavy atom. The summed E-state index contributed by atoms with van der Waals surface area (Å²) in [6.45, 7) is 7.23. The summed E-state index contributed by atoms with van der Waals surface area (Å²) in [5.41, 5.74) is -1.16. The lowest BCUT2D eigenvalue weighted by Crippen LogP contribution is -2.49. The maximum atomic E-state index is 13.1. The number of hydrogen-bond acceptors (Lipinski definition) is 6. The van der Waals surface area contributed by atoms with Gasteiger partial charge >= 0.3 is 5.97 Å².